The molecule has 0 radical (unpaired) electrons. The molecule has 1 fully saturated rings. The Kier molecular flexibility index (Phi) is 12.4. The number of aliphatic hydroxyl groups is 2. The van der Waals surface area contributed by atoms with Crippen LogP contribution >= 0.6 is 11.8 Å². The van der Waals surface area contributed by atoms with Crippen molar-refractivity contribution in [3.05, 3.63) is 65.2 Å². The summed E-state index contributed by atoms with van der Waals surface area (Å²) in [6, 6.07) is 15.2. The molecule has 3 rings (SSSR count). The molecule has 1 aliphatic rings. The van der Waals surface area contributed by atoms with Crippen LogP contribution in [0.5, 0.6) is 0 Å². The number of hydrogen-bond acceptors (Lipinski definition) is 7. The summed E-state index contributed by atoms with van der Waals surface area (Å²) in [6.07, 6.45) is 3.31. The molecule has 1 aliphatic heterocycles. The minimum Gasteiger partial charge on any atom is -0.481 e. The maximum absolute atomic E-state index is 12.4. The van der Waals surface area contributed by atoms with Crippen molar-refractivity contribution >= 4 is 29.3 Å². The first kappa shape index (κ1) is 29.1. The maximum Gasteiger partial charge on any atom is 0.303 e. The van der Waals surface area contributed by atoms with Gasteiger partial charge in [0.1, 0.15) is 0 Å². The number of nitrogens with one attached hydrogen (secondary N) is 1. The van der Waals surface area contributed by atoms with E-state index in [0.29, 0.717) is 37.1 Å². The normalized spacial score (nSPS) is 19.5. The third kappa shape index (κ3) is 10.1. The smallest absolute Gasteiger partial charge is 0.303 e. The van der Waals surface area contributed by atoms with Gasteiger partial charge < -0.3 is 30.1 Å². The number of rotatable bonds is 15. The van der Waals surface area contributed by atoms with E-state index in [1.165, 1.54) is 0 Å². The third-order valence-electron chi connectivity index (χ3n) is 6.14. The molecular formula is C28H37NO7S. The van der Waals surface area contributed by atoms with E-state index < -0.39 is 12.3 Å². The summed E-state index contributed by atoms with van der Waals surface area (Å²) in [5, 5.41) is 30.1. The Balaban J connectivity index is 1.61. The molecule has 1 heterocycles. The number of amides is 1. The number of carboxylic acids is 1. The predicted molar refractivity (Wildman–Crippen MR) is 143 cm³/mol. The van der Waals surface area contributed by atoms with E-state index in [-0.39, 0.29) is 37.7 Å². The lowest BCUT2D eigenvalue weighted by Gasteiger charge is -2.36. The number of thioether (sulfide) groups is 1. The number of ether oxygens (including phenoxy) is 2. The zero-order chi connectivity index (χ0) is 26.5. The van der Waals surface area contributed by atoms with E-state index in [9.17, 15) is 14.7 Å². The second-order valence-corrected chi connectivity index (χ2v) is 10.3. The number of unbranched alkanes of at least 4 members (excludes halogenated alkanes) is 3. The number of aliphatic hydroxyl groups excluding tert-OH is 2. The van der Waals surface area contributed by atoms with Gasteiger partial charge in [0, 0.05) is 42.0 Å². The average molecular weight is 532 g/mol. The van der Waals surface area contributed by atoms with Crippen molar-refractivity contribution in [3.8, 4) is 0 Å². The Morgan fingerprint density at radius 3 is 2.41 bits per heavy atom. The second kappa shape index (κ2) is 15.7. The van der Waals surface area contributed by atoms with Gasteiger partial charge in [-0.25, -0.2) is 0 Å². The van der Waals surface area contributed by atoms with Crippen LogP contribution in [0.1, 0.15) is 74.0 Å². The molecule has 8 nitrogen and oxygen atoms in total. The Hall–Kier alpha value is -2.43. The molecule has 2 aromatic rings. The monoisotopic (exact) mass is 531 g/mol. The highest BCUT2D eigenvalue weighted by molar-refractivity contribution is 7.99. The van der Waals surface area contributed by atoms with E-state index >= 15 is 0 Å². The van der Waals surface area contributed by atoms with Gasteiger partial charge in [0.25, 0.3) is 0 Å². The van der Waals surface area contributed by atoms with Crippen LogP contribution in [0.4, 0.5) is 5.69 Å². The zero-order valence-electron chi connectivity index (χ0n) is 21.0. The van der Waals surface area contributed by atoms with Crippen LogP contribution in [0.25, 0.3) is 0 Å². The summed E-state index contributed by atoms with van der Waals surface area (Å²) in [5.41, 5.74) is 3.32. The van der Waals surface area contributed by atoms with Gasteiger partial charge in [0.2, 0.25) is 5.91 Å². The van der Waals surface area contributed by atoms with Gasteiger partial charge in [-0.1, -0.05) is 49.2 Å². The first-order valence-corrected chi connectivity index (χ1v) is 13.9. The van der Waals surface area contributed by atoms with Crippen molar-refractivity contribution in [1.82, 2.24) is 0 Å². The van der Waals surface area contributed by atoms with Crippen molar-refractivity contribution in [1.29, 1.82) is 0 Å². The zero-order valence-corrected chi connectivity index (χ0v) is 21.8. The van der Waals surface area contributed by atoms with Gasteiger partial charge >= 0.3 is 5.97 Å². The summed E-state index contributed by atoms with van der Waals surface area (Å²) in [4.78, 5) is 23.0. The molecule has 3 atom stereocenters. The summed E-state index contributed by atoms with van der Waals surface area (Å²) in [5.74, 6) is 0.502. The number of carbonyl (C=O) groups excluding carboxylic acids is 1. The lowest BCUT2D eigenvalue weighted by Crippen LogP contribution is -2.31. The summed E-state index contributed by atoms with van der Waals surface area (Å²) < 4.78 is 12.6. The molecule has 37 heavy (non-hydrogen) atoms. The molecule has 2 aromatic carbocycles. The Bertz CT molecular complexity index is 985. The van der Waals surface area contributed by atoms with Crippen LogP contribution in [0, 0.1) is 0 Å². The molecule has 0 aliphatic carbocycles. The highest BCUT2D eigenvalue weighted by Crippen LogP contribution is 2.39. The van der Waals surface area contributed by atoms with E-state index in [4.69, 9.17) is 19.7 Å². The van der Waals surface area contributed by atoms with Crippen molar-refractivity contribution in [3.63, 3.8) is 0 Å². The van der Waals surface area contributed by atoms with Crippen LogP contribution in [0.2, 0.25) is 0 Å². The number of hydrogen-bond donors (Lipinski definition) is 4. The van der Waals surface area contributed by atoms with E-state index in [1.807, 2.05) is 48.5 Å². The molecule has 1 amide bonds. The Morgan fingerprint density at radius 2 is 1.70 bits per heavy atom. The van der Waals surface area contributed by atoms with Gasteiger partial charge in [-0.2, -0.15) is 11.8 Å². The van der Waals surface area contributed by atoms with Crippen LogP contribution < -0.4 is 5.32 Å². The molecule has 4 N–H and O–H groups in total. The molecule has 9 heteroatoms. The minimum atomic E-state index is -0.787. The number of benzene rings is 2. The molecule has 3 unspecified atom stereocenters. The summed E-state index contributed by atoms with van der Waals surface area (Å²) >= 11 is 1.64. The van der Waals surface area contributed by atoms with Gasteiger partial charge in [0.05, 0.1) is 25.4 Å². The quantitative estimate of drug-likeness (QED) is 0.241. The van der Waals surface area contributed by atoms with E-state index in [2.05, 4.69) is 5.32 Å². The standard InChI is InChI=1S/C28H37NO7S/c30-14-15-37-19-24-17-25(21-12-10-20(18-31)11-13-21)36-28(35-24)22-6-5-7-23(16-22)29-26(32)8-3-1-2-4-9-27(33)34/h5-7,10-13,16,24-25,28,30-31H,1-4,8-9,14-15,17-19H2,(H,29,32)(H,33,34). The Morgan fingerprint density at radius 1 is 0.946 bits per heavy atom. The van der Waals surface area contributed by atoms with Crippen molar-refractivity contribution < 1.29 is 34.4 Å². The average Bonchev–Trinajstić information content (AvgIpc) is 2.90. The largest absolute Gasteiger partial charge is 0.481 e. The first-order chi connectivity index (χ1) is 18.0. The van der Waals surface area contributed by atoms with Crippen molar-refractivity contribution in [2.24, 2.45) is 0 Å². The van der Waals surface area contributed by atoms with Gasteiger partial charge in [-0.3, -0.25) is 9.59 Å². The summed E-state index contributed by atoms with van der Waals surface area (Å²) in [6.45, 7) is 0.106. The number of anilines is 1. The lowest BCUT2D eigenvalue weighted by molar-refractivity contribution is -0.245. The Labute approximate surface area is 222 Å². The minimum absolute atomic E-state index is 0.0127. The highest BCUT2D eigenvalue weighted by atomic mass is 32.2. The topological polar surface area (TPSA) is 125 Å². The number of aliphatic carboxylic acids is 1. The van der Waals surface area contributed by atoms with Gasteiger partial charge in [0.15, 0.2) is 6.29 Å². The SMILES string of the molecule is O=C(O)CCCCCCC(=O)Nc1cccc(C2OC(CSCCO)CC(c3ccc(CO)cc3)O2)c1. The molecule has 0 spiro atoms. The molecule has 0 saturated carbocycles. The van der Waals surface area contributed by atoms with Crippen molar-refractivity contribution in [2.75, 3.05) is 23.4 Å². The fourth-order valence-electron chi connectivity index (χ4n) is 4.20. The molecule has 0 bridgehead atoms. The van der Waals surface area contributed by atoms with E-state index in [1.54, 1.807) is 11.8 Å². The van der Waals surface area contributed by atoms with E-state index in [0.717, 1.165) is 35.3 Å². The summed E-state index contributed by atoms with van der Waals surface area (Å²) in [7, 11) is 0. The molecule has 1 saturated heterocycles. The van der Waals surface area contributed by atoms with Gasteiger partial charge in [-0.05, 0) is 36.1 Å². The first-order valence-electron chi connectivity index (χ1n) is 12.8. The highest BCUT2D eigenvalue weighted by Gasteiger charge is 2.32. The third-order valence-corrected chi connectivity index (χ3v) is 7.22. The second-order valence-electron chi connectivity index (χ2n) is 9.13. The lowest BCUT2D eigenvalue weighted by atomic mass is 10.0. The fourth-order valence-corrected chi connectivity index (χ4v) is 4.98. The van der Waals surface area contributed by atoms with Crippen LogP contribution in [0.15, 0.2) is 48.5 Å². The van der Waals surface area contributed by atoms with Crippen LogP contribution in [-0.4, -0.2) is 51.4 Å². The molecular weight excluding hydrogens is 494 g/mol. The van der Waals surface area contributed by atoms with Gasteiger partial charge in [-0.15, -0.1) is 0 Å². The predicted octanol–water partition coefficient (Wildman–Crippen LogP) is 4.81. The maximum atomic E-state index is 12.4. The number of carboxylic acid groups (broad SMARTS) is 1. The number of carbonyl (C=O) groups is 2. The van der Waals surface area contributed by atoms with Crippen LogP contribution in [0.3, 0.4) is 0 Å². The molecule has 202 valence electrons. The van der Waals surface area contributed by atoms with Crippen LogP contribution in [-0.2, 0) is 25.7 Å². The van der Waals surface area contributed by atoms with Crippen molar-refractivity contribution in [2.45, 2.75) is 70.1 Å². The fraction of sp³-hybridized carbons (Fsp3) is 0.500. The molecule has 0 aromatic heterocycles.